The summed E-state index contributed by atoms with van der Waals surface area (Å²) >= 11 is 3.62. The smallest absolute Gasteiger partial charge is 0.133 e. The monoisotopic (exact) mass is 361 g/mol. The van der Waals surface area contributed by atoms with Crippen molar-refractivity contribution in [3.8, 4) is 5.75 Å². The quantitative estimate of drug-likeness (QED) is 0.852. The third-order valence-corrected chi connectivity index (χ3v) is 4.29. The molecule has 0 spiro atoms. The molecule has 0 amide bonds. The first-order chi connectivity index (χ1) is 8.97. The van der Waals surface area contributed by atoms with E-state index in [1.807, 2.05) is 0 Å². The first-order valence-corrected chi connectivity index (χ1v) is 7.89. The van der Waals surface area contributed by atoms with Crippen molar-refractivity contribution in [2.45, 2.75) is 39.0 Å². The van der Waals surface area contributed by atoms with Crippen LogP contribution < -0.4 is 10.1 Å². The van der Waals surface area contributed by atoms with E-state index in [9.17, 15) is 0 Å². The predicted molar refractivity (Wildman–Crippen MR) is 91.2 cm³/mol. The molecule has 0 aliphatic carbocycles. The summed E-state index contributed by atoms with van der Waals surface area (Å²) in [4.78, 5) is 0. The molecule has 1 saturated heterocycles. The van der Waals surface area contributed by atoms with Crippen molar-refractivity contribution in [3.63, 3.8) is 0 Å². The highest BCUT2D eigenvalue weighted by Gasteiger charge is 2.17. The number of hydrogen-bond acceptors (Lipinski definition) is 2. The molecule has 1 aromatic carbocycles. The number of rotatable bonds is 3. The summed E-state index contributed by atoms with van der Waals surface area (Å²) in [6.07, 6.45) is 2.53. The normalized spacial score (nSPS) is 19.3. The molecule has 1 heterocycles. The molecule has 1 aliphatic heterocycles. The van der Waals surface area contributed by atoms with Gasteiger partial charge in [-0.1, -0.05) is 26.8 Å². The third kappa shape index (κ3) is 4.94. The van der Waals surface area contributed by atoms with Crippen molar-refractivity contribution in [2.24, 2.45) is 5.92 Å². The van der Waals surface area contributed by atoms with E-state index in [-0.39, 0.29) is 17.8 Å². The van der Waals surface area contributed by atoms with Crippen LogP contribution in [0, 0.1) is 5.92 Å². The van der Waals surface area contributed by atoms with Crippen molar-refractivity contribution < 1.29 is 4.74 Å². The van der Waals surface area contributed by atoms with E-state index in [1.54, 1.807) is 0 Å². The average molecular weight is 363 g/mol. The second kappa shape index (κ2) is 7.67. The predicted octanol–water partition coefficient (Wildman–Crippen LogP) is 4.55. The summed E-state index contributed by atoms with van der Waals surface area (Å²) in [5.41, 5.74) is 1.50. The number of ether oxygens (including phenoxy) is 1. The van der Waals surface area contributed by atoms with Crippen molar-refractivity contribution in [3.05, 3.63) is 28.2 Å². The van der Waals surface area contributed by atoms with Gasteiger partial charge in [0.2, 0.25) is 0 Å². The molecule has 2 rings (SSSR count). The molecule has 1 atom stereocenters. The zero-order chi connectivity index (χ0) is 13.9. The Kier molecular flexibility index (Phi) is 6.83. The molecule has 20 heavy (non-hydrogen) atoms. The van der Waals surface area contributed by atoms with E-state index in [1.165, 1.54) is 18.4 Å². The van der Waals surface area contributed by atoms with Crippen molar-refractivity contribution >= 4 is 28.3 Å². The molecule has 0 saturated carbocycles. The molecule has 1 aromatic rings. The molecule has 114 valence electrons. The Morgan fingerprint density at radius 1 is 1.35 bits per heavy atom. The minimum absolute atomic E-state index is 0. The van der Waals surface area contributed by atoms with Crippen LogP contribution in [-0.4, -0.2) is 19.7 Å². The van der Waals surface area contributed by atoms with Gasteiger partial charge in [0.1, 0.15) is 5.75 Å². The number of hydrogen-bond donors (Lipinski definition) is 1. The van der Waals surface area contributed by atoms with E-state index in [0.717, 1.165) is 29.9 Å². The topological polar surface area (TPSA) is 21.3 Å². The molecule has 1 fully saturated rings. The molecule has 0 aromatic heterocycles. The standard InChI is InChI=1S/C16H24BrNO.ClH/c1-16(2,3)13-6-7-15(14(17)9-13)19-11-12-5-4-8-18-10-12;/h6-7,9,12,18H,4-5,8,10-11H2,1-3H3;1H. The van der Waals surface area contributed by atoms with Crippen LogP contribution in [0.2, 0.25) is 0 Å². The van der Waals surface area contributed by atoms with Gasteiger partial charge in [-0.15, -0.1) is 12.4 Å². The number of halogens is 2. The Bertz CT molecular complexity index is 425. The highest BCUT2D eigenvalue weighted by atomic mass is 79.9. The van der Waals surface area contributed by atoms with Crippen LogP contribution in [0.5, 0.6) is 5.75 Å². The van der Waals surface area contributed by atoms with Gasteiger partial charge in [-0.05, 0) is 58.4 Å². The maximum Gasteiger partial charge on any atom is 0.133 e. The average Bonchev–Trinajstić information content (AvgIpc) is 2.37. The first-order valence-electron chi connectivity index (χ1n) is 7.10. The van der Waals surface area contributed by atoms with Crippen molar-refractivity contribution in [2.75, 3.05) is 19.7 Å². The Hall–Kier alpha value is -0.250. The zero-order valence-electron chi connectivity index (χ0n) is 12.5. The van der Waals surface area contributed by atoms with Crippen LogP contribution in [0.15, 0.2) is 22.7 Å². The fraction of sp³-hybridized carbons (Fsp3) is 0.625. The fourth-order valence-corrected chi connectivity index (χ4v) is 2.85. The molecule has 1 aliphatic rings. The Morgan fingerprint density at radius 2 is 2.10 bits per heavy atom. The number of benzene rings is 1. The number of piperidine rings is 1. The lowest BCUT2D eigenvalue weighted by molar-refractivity contribution is 0.217. The maximum absolute atomic E-state index is 5.96. The second-order valence-electron chi connectivity index (χ2n) is 6.42. The van der Waals surface area contributed by atoms with Crippen molar-refractivity contribution in [1.82, 2.24) is 5.32 Å². The zero-order valence-corrected chi connectivity index (χ0v) is 14.9. The van der Waals surface area contributed by atoms with Gasteiger partial charge in [0.25, 0.3) is 0 Å². The van der Waals surface area contributed by atoms with Gasteiger partial charge in [0.15, 0.2) is 0 Å². The Labute approximate surface area is 137 Å². The molecular formula is C16H25BrClNO. The van der Waals surface area contributed by atoms with E-state index in [2.05, 4.69) is 60.2 Å². The van der Waals surface area contributed by atoms with Gasteiger partial charge in [-0.2, -0.15) is 0 Å². The highest BCUT2D eigenvalue weighted by Crippen LogP contribution is 2.31. The molecule has 0 radical (unpaired) electrons. The van der Waals surface area contributed by atoms with Crippen LogP contribution in [0.3, 0.4) is 0 Å². The summed E-state index contributed by atoms with van der Waals surface area (Å²) in [6, 6.07) is 6.43. The second-order valence-corrected chi connectivity index (χ2v) is 7.27. The van der Waals surface area contributed by atoms with Gasteiger partial charge < -0.3 is 10.1 Å². The summed E-state index contributed by atoms with van der Waals surface area (Å²) < 4.78 is 7.02. The molecule has 0 bridgehead atoms. The van der Waals surface area contributed by atoms with E-state index in [0.29, 0.717) is 5.92 Å². The maximum atomic E-state index is 5.96. The molecule has 4 heteroatoms. The van der Waals surface area contributed by atoms with Gasteiger partial charge in [0, 0.05) is 12.5 Å². The van der Waals surface area contributed by atoms with Crippen LogP contribution >= 0.6 is 28.3 Å². The lowest BCUT2D eigenvalue weighted by Gasteiger charge is -2.24. The Balaban J connectivity index is 0.00000200. The molecular weight excluding hydrogens is 338 g/mol. The fourth-order valence-electron chi connectivity index (χ4n) is 2.36. The van der Waals surface area contributed by atoms with E-state index in [4.69, 9.17) is 4.74 Å². The summed E-state index contributed by atoms with van der Waals surface area (Å²) in [5, 5.41) is 3.42. The molecule has 2 nitrogen and oxygen atoms in total. The largest absolute Gasteiger partial charge is 0.492 e. The van der Waals surface area contributed by atoms with Gasteiger partial charge in [-0.25, -0.2) is 0 Å². The van der Waals surface area contributed by atoms with Crippen LogP contribution in [-0.2, 0) is 5.41 Å². The van der Waals surface area contributed by atoms with Gasteiger partial charge in [-0.3, -0.25) is 0 Å². The SMILES string of the molecule is CC(C)(C)c1ccc(OCC2CCCNC2)c(Br)c1.Cl. The van der Waals surface area contributed by atoms with Crippen LogP contribution in [0.25, 0.3) is 0 Å². The number of nitrogens with one attached hydrogen (secondary N) is 1. The van der Waals surface area contributed by atoms with Gasteiger partial charge >= 0.3 is 0 Å². The summed E-state index contributed by atoms with van der Waals surface area (Å²) in [5.74, 6) is 1.60. The van der Waals surface area contributed by atoms with Crippen LogP contribution in [0.1, 0.15) is 39.2 Å². The lowest BCUT2D eigenvalue weighted by atomic mass is 9.87. The molecule has 1 N–H and O–H groups in total. The van der Waals surface area contributed by atoms with Crippen molar-refractivity contribution in [1.29, 1.82) is 0 Å². The lowest BCUT2D eigenvalue weighted by Crippen LogP contribution is -2.33. The van der Waals surface area contributed by atoms with E-state index >= 15 is 0 Å². The molecule has 1 unspecified atom stereocenters. The Morgan fingerprint density at radius 3 is 2.65 bits per heavy atom. The van der Waals surface area contributed by atoms with Gasteiger partial charge in [0.05, 0.1) is 11.1 Å². The van der Waals surface area contributed by atoms with Crippen LogP contribution in [0.4, 0.5) is 0 Å². The van der Waals surface area contributed by atoms with E-state index < -0.39 is 0 Å². The first kappa shape index (κ1) is 17.8. The summed E-state index contributed by atoms with van der Waals surface area (Å²) in [7, 11) is 0. The third-order valence-electron chi connectivity index (χ3n) is 3.67. The highest BCUT2D eigenvalue weighted by molar-refractivity contribution is 9.10. The minimum atomic E-state index is 0. The minimum Gasteiger partial charge on any atom is -0.492 e. The summed E-state index contributed by atoms with van der Waals surface area (Å²) in [6.45, 7) is 9.72.